The Bertz CT molecular complexity index is 1970. The number of fused-ring (bicyclic) bond motifs is 3. The number of hydrogen-bond acceptors (Lipinski definition) is 2. The molecule has 5 unspecified atom stereocenters. The van der Waals surface area contributed by atoms with Gasteiger partial charge < -0.3 is 9.73 Å². The van der Waals surface area contributed by atoms with Gasteiger partial charge in [0.15, 0.2) is 0 Å². The summed E-state index contributed by atoms with van der Waals surface area (Å²) in [5.41, 5.74) is 11.5. The topological polar surface area (TPSA) is 25.2 Å². The molecule has 5 atom stereocenters. The van der Waals surface area contributed by atoms with Gasteiger partial charge in [0.2, 0.25) is 0 Å². The first-order chi connectivity index (χ1) is 28.4. The molecule has 2 nitrogen and oxygen atoms in total. The van der Waals surface area contributed by atoms with Gasteiger partial charge in [-0.05, 0) is 149 Å². The van der Waals surface area contributed by atoms with Crippen molar-refractivity contribution in [3.8, 4) is 11.1 Å². The van der Waals surface area contributed by atoms with E-state index in [1.807, 2.05) is 13.8 Å². The molecule has 1 saturated carbocycles. The third-order valence-corrected chi connectivity index (χ3v) is 13.5. The molecule has 1 fully saturated rings. The lowest BCUT2D eigenvalue weighted by atomic mass is 9.72. The molecule has 314 valence electrons. The van der Waals surface area contributed by atoms with E-state index in [2.05, 4.69) is 138 Å². The molecule has 2 heteroatoms. The summed E-state index contributed by atoms with van der Waals surface area (Å²) in [6.07, 6.45) is 35.4. The summed E-state index contributed by atoms with van der Waals surface area (Å²) < 4.78 is 6.53. The van der Waals surface area contributed by atoms with Crippen LogP contribution in [0.5, 0.6) is 0 Å². The number of furan rings is 1. The molecule has 4 aromatic rings. The Morgan fingerprint density at radius 1 is 0.862 bits per heavy atom. The highest BCUT2D eigenvalue weighted by molar-refractivity contribution is 6.10. The predicted molar refractivity (Wildman–Crippen MR) is 256 cm³/mol. The molecule has 0 spiro atoms. The number of unbranched alkanes of at least 4 members (excludes halogenated alkanes) is 2. The van der Waals surface area contributed by atoms with Crippen LogP contribution in [0.3, 0.4) is 0 Å². The van der Waals surface area contributed by atoms with Crippen LogP contribution in [0.15, 0.2) is 107 Å². The Morgan fingerprint density at radius 3 is 2.47 bits per heavy atom. The molecule has 0 radical (unpaired) electrons. The molecule has 1 aromatic heterocycles. The Balaban J connectivity index is 0.000000296. The highest BCUT2D eigenvalue weighted by Crippen LogP contribution is 2.42. The van der Waals surface area contributed by atoms with Crippen LogP contribution in [0.1, 0.15) is 167 Å². The maximum absolute atomic E-state index is 6.53. The molecule has 7 rings (SSSR count). The van der Waals surface area contributed by atoms with E-state index in [0.717, 1.165) is 41.4 Å². The fraction of sp³-hybridized carbons (Fsp3) is 0.536. The minimum absolute atomic E-state index is 0.462. The maximum atomic E-state index is 6.53. The summed E-state index contributed by atoms with van der Waals surface area (Å²) in [5, 5.41) is 6.24. The van der Waals surface area contributed by atoms with E-state index < -0.39 is 0 Å². The third-order valence-electron chi connectivity index (χ3n) is 13.5. The van der Waals surface area contributed by atoms with Crippen LogP contribution in [-0.2, 0) is 0 Å². The first-order valence-corrected chi connectivity index (χ1v) is 23.8. The van der Waals surface area contributed by atoms with Crippen LogP contribution in [0.2, 0.25) is 0 Å². The van der Waals surface area contributed by atoms with Crippen LogP contribution >= 0.6 is 0 Å². The van der Waals surface area contributed by atoms with Crippen LogP contribution in [0.4, 0.5) is 0 Å². The van der Waals surface area contributed by atoms with Crippen molar-refractivity contribution >= 4 is 21.9 Å². The first-order valence-electron chi connectivity index (χ1n) is 23.8. The van der Waals surface area contributed by atoms with Gasteiger partial charge in [-0.15, -0.1) is 0 Å². The number of nitrogens with one attached hydrogen (secondary N) is 1. The van der Waals surface area contributed by atoms with E-state index in [1.54, 1.807) is 5.57 Å². The minimum Gasteiger partial charge on any atom is -0.455 e. The summed E-state index contributed by atoms with van der Waals surface area (Å²) in [7, 11) is 0. The van der Waals surface area contributed by atoms with Crippen molar-refractivity contribution in [2.24, 2.45) is 23.7 Å². The van der Waals surface area contributed by atoms with Crippen molar-refractivity contribution in [3.05, 3.63) is 119 Å². The van der Waals surface area contributed by atoms with Crippen LogP contribution in [-0.4, -0.2) is 6.54 Å². The summed E-state index contributed by atoms with van der Waals surface area (Å²) in [4.78, 5) is 0. The fourth-order valence-corrected chi connectivity index (χ4v) is 9.79. The highest BCUT2D eigenvalue weighted by Gasteiger charge is 2.27. The Labute approximate surface area is 354 Å². The van der Waals surface area contributed by atoms with Crippen molar-refractivity contribution in [1.82, 2.24) is 5.32 Å². The second-order valence-corrected chi connectivity index (χ2v) is 17.7. The van der Waals surface area contributed by atoms with Crippen LogP contribution < -0.4 is 5.32 Å². The molecule has 1 N–H and O–H groups in total. The largest absolute Gasteiger partial charge is 0.455 e. The van der Waals surface area contributed by atoms with Gasteiger partial charge in [-0.1, -0.05) is 152 Å². The number of hydrogen-bond donors (Lipinski definition) is 1. The van der Waals surface area contributed by atoms with E-state index >= 15 is 0 Å². The molecule has 1 heterocycles. The van der Waals surface area contributed by atoms with E-state index in [-0.39, 0.29) is 0 Å². The number of allylic oxidation sites excluding steroid dienone is 8. The van der Waals surface area contributed by atoms with Crippen LogP contribution in [0.25, 0.3) is 33.1 Å². The summed E-state index contributed by atoms with van der Waals surface area (Å²) in [6.45, 7) is 18.8. The average molecular weight is 782 g/mol. The lowest BCUT2D eigenvalue weighted by Gasteiger charge is -2.34. The Hall–Kier alpha value is -3.78. The minimum atomic E-state index is 0.462. The molecule has 3 aliphatic rings. The molecular formula is C56H79NO. The van der Waals surface area contributed by atoms with Gasteiger partial charge >= 0.3 is 0 Å². The van der Waals surface area contributed by atoms with Gasteiger partial charge in [0.05, 0.1) is 0 Å². The second kappa shape index (κ2) is 23.7. The molecule has 3 aromatic carbocycles. The highest BCUT2D eigenvalue weighted by atomic mass is 16.3. The van der Waals surface area contributed by atoms with Gasteiger partial charge in [0.1, 0.15) is 11.2 Å². The normalized spacial score (nSPS) is 20.4. The standard InChI is InChI=1S/C38H47NO.C16H26.C2H6/c1-5-6-7-8-14-27(2)15-11-12-24-39-32-18-13-17-30(25-32)31-21-23-36-35(26-31)34-22-20-29(4)37(38(34)40-36)33-19-10-9-16-28(33)3;1-3-13(2)15-10-7-11-16(12-15)14-8-5-4-6-9-14;1-2/h5-6,9-10,16,19-23,25-27,30,39H,7-8,11-15,17-18,24H2,1-4H3;5,8-9,13,15-16H,3-4,6-7,10-12H2,1-2H3;1-2H3/b6-5-;;. The zero-order chi connectivity index (χ0) is 41.3. The van der Waals surface area contributed by atoms with E-state index in [0.29, 0.717) is 5.92 Å². The average Bonchev–Trinajstić information content (AvgIpc) is 3.64. The monoisotopic (exact) mass is 782 g/mol. The van der Waals surface area contributed by atoms with Crippen molar-refractivity contribution in [1.29, 1.82) is 0 Å². The molecule has 0 aliphatic heterocycles. The summed E-state index contributed by atoms with van der Waals surface area (Å²) in [6, 6.07) is 20.0. The summed E-state index contributed by atoms with van der Waals surface area (Å²) in [5.74, 6) is 4.10. The lowest BCUT2D eigenvalue weighted by Crippen LogP contribution is -2.22. The number of rotatable bonds is 15. The molecular weight excluding hydrogens is 703 g/mol. The third kappa shape index (κ3) is 12.4. The summed E-state index contributed by atoms with van der Waals surface area (Å²) >= 11 is 0. The Kier molecular flexibility index (Phi) is 18.5. The van der Waals surface area contributed by atoms with Crippen molar-refractivity contribution in [3.63, 3.8) is 0 Å². The zero-order valence-corrected chi connectivity index (χ0v) is 38.0. The quantitative estimate of drug-likeness (QED) is 0.0960. The second-order valence-electron chi connectivity index (χ2n) is 17.7. The lowest BCUT2D eigenvalue weighted by molar-refractivity contribution is 0.221. The number of aryl methyl sites for hydroxylation is 2. The van der Waals surface area contributed by atoms with E-state index in [1.165, 1.54) is 147 Å². The molecule has 58 heavy (non-hydrogen) atoms. The molecule has 3 aliphatic carbocycles. The van der Waals surface area contributed by atoms with E-state index in [9.17, 15) is 0 Å². The van der Waals surface area contributed by atoms with Gasteiger partial charge in [-0.25, -0.2) is 0 Å². The van der Waals surface area contributed by atoms with Gasteiger partial charge in [-0.2, -0.15) is 0 Å². The number of benzene rings is 3. The van der Waals surface area contributed by atoms with Gasteiger partial charge in [0.25, 0.3) is 0 Å². The molecule has 0 amide bonds. The predicted octanol–water partition coefficient (Wildman–Crippen LogP) is 17.3. The van der Waals surface area contributed by atoms with Gasteiger partial charge in [0, 0.05) is 34.5 Å². The van der Waals surface area contributed by atoms with Gasteiger partial charge in [-0.3, -0.25) is 0 Å². The molecule has 0 bridgehead atoms. The first kappa shape index (κ1) is 45.3. The SMILES string of the molecule is C/C=C\CCCC(C)CCCCNC1=CC(c2ccc3oc4c(-c5ccccc5C)c(C)ccc4c3c2)CCC1.CC.CCC(C)C1CCCC(C2=CCCC=C2)C1. The smallest absolute Gasteiger partial charge is 0.143 e. The van der Waals surface area contributed by atoms with Crippen molar-refractivity contribution < 1.29 is 4.42 Å². The van der Waals surface area contributed by atoms with Crippen LogP contribution in [0, 0.1) is 37.5 Å². The molecule has 0 saturated heterocycles. The Morgan fingerprint density at radius 2 is 1.69 bits per heavy atom. The van der Waals surface area contributed by atoms with E-state index in [4.69, 9.17) is 4.42 Å². The van der Waals surface area contributed by atoms with Crippen molar-refractivity contribution in [2.45, 2.75) is 164 Å². The maximum Gasteiger partial charge on any atom is 0.143 e. The zero-order valence-electron chi connectivity index (χ0n) is 38.0. The van der Waals surface area contributed by atoms with Crippen molar-refractivity contribution in [2.75, 3.05) is 6.54 Å². The fourth-order valence-electron chi connectivity index (χ4n) is 9.79.